The molecule has 0 saturated carbocycles. The molecule has 32 heavy (non-hydrogen) atoms. The van der Waals surface area contributed by atoms with Crippen molar-refractivity contribution in [3.63, 3.8) is 0 Å². The molecule has 2 N–H and O–H groups in total. The number of nitrogens with zero attached hydrogens (tertiary/aromatic N) is 3. The second kappa shape index (κ2) is 8.64. The number of hydrogen-bond donors (Lipinski definition) is 2. The van der Waals surface area contributed by atoms with E-state index in [0.29, 0.717) is 16.6 Å². The Labute approximate surface area is 191 Å². The minimum Gasteiger partial charge on any atom is -0.505 e. The Morgan fingerprint density at radius 3 is 2.62 bits per heavy atom. The number of rotatable bonds is 5. The van der Waals surface area contributed by atoms with E-state index in [1.54, 1.807) is 6.07 Å². The Bertz CT molecular complexity index is 1160. The second-order valence-electron chi connectivity index (χ2n) is 8.59. The number of aromatic nitrogens is 1. The smallest absolute Gasteiger partial charge is 0.317 e. The number of carbonyl (C=O) groups is 1. The number of amides is 2. The summed E-state index contributed by atoms with van der Waals surface area (Å²) in [6.45, 7) is 5.12. The van der Waals surface area contributed by atoms with Crippen molar-refractivity contribution in [2.75, 3.05) is 39.3 Å². The number of urea groups is 1. The van der Waals surface area contributed by atoms with Crippen LogP contribution in [0.1, 0.15) is 24.3 Å². The van der Waals surface area contributed by atoms with Crippen molar-refractivity contribution in [2.24, 2.45) is 0 Å². The SMILES string of the molecule is O=C1NCCN1CCN1CCC(c2cn(-c3ccc(O)c(F)c3)c3ccc(Cl)cc23)CC1. The van der Waals surface area contributed by atoms with Gasteiger partial charge in [-0.15, -0.1) is 0 Å². The van der Waals surface area contributed by atoms with Crippen molar-refractivity contribution in [1.82, 2.24) is 19.7 Å². The van der Waals surface area contributed by atoms with Crippen LogP contribution in [0.2, 0.25) is 5.02 Å². The number of nitrogens with one attached hydrogen (secondary N) is 1. The number of phenols is 1. The predicted molar refractivity (Wildman–Crippen MR) is 123 cm³/mol. The molecule has 2 aliphatic rings. The van der Waals surface area contributed by atoms with E-state index in [2.05, 4.69) is 16.4 Å². The molecule has 0 unspecified atom stereocenters. The number of halogens is 2. The summed E-state index contributed by atoms with van der Waals surface area (Å²) in [5, 5.41) is 14.2. The highest BCUT2D eigenvalue weighted by molar-refractivity contribution is 6.31. The van der Waals surface area contributed by atoms with E-state index in [9.17, 15) is 14.3 Å². The zero-order chi connectivity index (χ0) is 22.2. The summed E-state index contributed by atoms with van der Waals surface area (Å²) in [4.78, 5) is 16.0. The summed E-state index contributed by atoms with van der Waals surface area (Å²) in [6.07, 6.45) is 4.12. The molecule has 0 atom stereocenters. The maximum absolute atomic E-state index is 14.0. The number of hydrogen-bond acceptors (Lipinski definition) is 3. The zero-order valence-electron chi connectivity index (χ0n) is 17.7. The van der Waals surface area contributed by atoms with Gasteiger partial charge >= 0.3 is 6.03 Å². The fourth-order valence-corrected chi connectivity index (χ4v) is 5.04. The Morgan fingerprint density at radius 2 is 1.91 bits per heavy atom. The molecule has 2 saturated heterocycles. The molecule has 2 aliphatic heterocycles. The molecule has 6 nitrogen and oxygen atoms in total. The van der Waals surface area contributed by atoms with Gasteiger partial charge in [0.15, 0.2) is 11.6 Å². The van der Waals surface area contributed by atoms with Gasteiger partial charge in [0.05, 0.1) is 5.52 Å². The number of phenolic OH excluding ortho intramolecular Hbond substituents is 1. The lowest BCUT2D eigenvalue weighted by Crippen LogP contribution is -2.40. The van der Waals surface area contributed by atoms with Crippen molar-refractivity contribution < 1.29 is 14.3 Å². The van der Waals surface area contributed by atoms with Gasteiger partial charge in [-0.3, -0.25) is 0 Å². The highest BCUT2D eigenvalue weighted by Gasteiger charge is 2.26. The Hall–Kier alpha value is -2.77. The van der Waals surface area contributed by atoms with Gasteiger partial charge < -0.3 is 24.8 Å². The lowest BCUT2D eigenvalue weighted by atomic mass is 9.89. The first-order valence-corrected chi connectivity index (χ1v) is 11.4. The van der Waals surface area contributed by atoms with Crippen LogP contribution in [0.3, 0.4) is 0 Å². The van der Waals surface area contributed by atoms with Crippen LogP contribution in [0.15, 0.2) is 42.6 Å². The van der Waals surface area contributed by atoms with Crippen LogP contribution in [0, 0.1) is 5.82 Å². The molecule has 3 heterocycles. The first-order chi connectivity index (χ1) is 15.5. The fraction of sp³-hybridized carbons (Fsp3) is 0.375. The summed E-state index contributed by atoms with van der Waals surface area (Å²) in [6, 6.07) is 10.3. The summed E-state index contributed by atoms with van der Waals surface area (Å²) < 4.78 is 16.0. The van der Waals surface area contributed by atoms with Crippen molar-refractivity contribution in [2.45, 2.75) is 18.8 Å². The lowest BCUT2D eigenvalue weighted by Gasteiger charge is -2.32. The normalized spacial score (nSPS) is 17.9. The van der Waals surface area contributed by atoms with Crippen LogP contribution >= 0.6 is 11.6 Å². The third-order valence-corrected chi connectivity index (χ3v) is 6.90. The topological polar surface area (TPSA) is 60.7 Å². The quantitative estimate of drug-likeness (QED) is 0.600. The Morgan fingerprint density at radius 1 is 1.09 bits per heavy atom. The number of fused-ring (bicyclic) bond motifs is 1. The maximum Gasteiger partial charge on any atom is 0.317 e. The third kappa shape index (κ3) is 4.02. The van der Waals surface area contributed by atoms with Gasteiger partial charge in [-0.25, -0.2) is 9.18 Å². The molecule has 0 aliphatic carbocycles. The summed E-state index contributed by atoms with van der Waals surface area (Å²) in [5.74, 6) is -0.613. The van der Waals surface area contributed by atoms with Crippen LogP contribution in [0.25, 0.3) is 16.6 Å². The van der Waals surface area contributed by atoms with E-state index in [0.717, 1.165) is 63.0 Å². The minimum atomic E-state index is -0.639. The van der Waals surface area contributed by atoms with E-state index >= 15 is 0 Å². The number of aromatic hydroxyl groups is 1. The number of carbonyl (C=O) groups excluding carboxylic acids is 1. The van der Waals surface area contributed by atoms with E-state index in [1.165, 1.54) is 17.7 Å². The molecule has 0 spiro atoms. The molecule has 3 aromatic rings. The first kappa shape index (κ1) is 21.1. The second-order valence-corrected chi connectivity index (χ2v) is 9.02. The molecule has 2 aromatic carbocycles. The standard InChI is InChI=1S/C24H26ClFN4O2/c25-17-1-3-22-19(13-17)20(15-30(22)18-2-4-23(31)21(26)14-18)16-5-8-28(9-6-16)11-12-29-10-7-27-24(29)32/h1-4,13-16,31H,5-12H2,(H,27,32). The molecular weight excluding hydrogens is 431 g/mol. The van der Waals surface area contributed by atoms with E-state index < -0.39 is 5.82 Å². The average molecular weight is 457 g/mol. The largest absolute Gasteiger partial charge is 0.505 e. The third-order valence-electron chi connectivity index (χ3n) is 6.67. The van der Waals surface area contributed by atoms with Crippen molar-refractivity contribution in [1.29, 1.82) is 0 Å². The van der Waals surface area contributed by atoms with Crippen LogP contribution in [-0.4, -0.2) is 64.8 Å². The van der Waals surface area contributed by atoms with Gasteiger partial charge in [-0.1, -0.05) is 11.6 Å². The summed E-state index contributed by atoms with van der Waals surface area (Å²) in [7, 11) is 0. The van der Waals surface area contributed by atoms with Gasteiger partial charge in [0.1, 0.15) is 0 Å². The maximum atomic E-state index is 14.0. The predicted octanol–water partition coefficient (Wildman–Crippen LogP) is 4.33. The van der Waals surface area contributed by atoms with E-state index in [1.807, 2.05) is 27.7 Å². The number of piperidine rings is 1. The van der Waals surface area contributed by atoms with Crippen LogP contribution in [0.5, 0.6) is 5.75 Å². The summed E-state index contributed by atoms with van der Waals surface area (Å²) in [5.41, 5.74) is 2.85. The average Bonchev–Trinajstić information content (AvgIpc) is 3.37. The fourth-order valence-electron chi connectivity index (χ4n) is 4.87. The highest BCUT2D eigenvalue weighted by atomic mass is 35.5. The molecule has 2 fully saturated rings. The Balaban J connectivity index is 1.36. The molecule has 8 heteroatoms. The van der Waals surface area contributed by atoms with E-state index in [-0.39, 0.29) is 11.8 Å². The molecule has 5 rings (SSSR count). The van der Waals surface area contributed by atoms with Crippen molar-refractivity contribution in [3.05, 3.63) is 59.0 Å². The van der Waals surface area contributed by atoms with Crippen LogP contribution in [0.4, 0.5) is 9.18 Å². The van der Waals surface area contributed by atoms with Gasteiger partial charge in [-0.2, -0.15) is 0 Å². The molecular formula is C24H26ClFN4O2. The zero-order valence-corrected chi connectivity index (χ0v) is 18.5. The molecule has 168 valence electrons. The van der Waals surface area contributed by atoms with Crippen molar-refractivity contribution >= 4 is 28.5 Å². The molecule has 2 amide bonds. The van der Waals surface area contributed by atoms with Crippen LogP contribution < -0.4 is 5.32 Å². The molecule has 0 radical (unpaired) electrons. The summed E-state index contributed by atoms with van der Waals surface area (Å²) >= 11 is 6.32. The monoisotopic (exact) mass is 456 g/mol. The van der Waals surface area contributed by atoms with Gasteiger partial charge in [0.2, 0.25) is 0 Å². The van der Waals surface area contributed by atoms with E-state index in [4.69, 9.17) is 11.6 Å². The molecule has 0 bridgehead atoms. The van der Waals surface area contributed by atoms with Gasteiger partial charge in [-0.05, 0) is 67.7 Å². The first-order valence-electron chi connectivity index (χ1n) is 11.0. The highest BCUT2D eigenvalue weighted by Crippen LogP contribution is 2.37. The lowest BCUT2D eigenvalue weighted by molar-refractivity contribution is 0.181. The van der Waals surface area contributed by atoms with Crippen molar-refractivity contribution in [3.8, 4) is 11.4 Å². The number of benzene rings is 2. The van der Waals surface area contributed by atoms with Gasteiger partial charge in [0, 0.05) is 54.5 Å². The Kier molecular flexibility index (Phi) is 5.69. The van der Waals surface area contributed by atoms with Gasteiger partial charge in [0.25, 0.3) is 0 Å². The molecule has 1 aromatic heterocycles. The van der Waals surface area contributed by atoms with Crippen LogP contribution in [-0.2, 0) is 0 Å². The number of likely N-dealkylation sites (tertiary alicyclic amines) is 1. The minimum absolute atomic E-state index is 0.0373.